The van der Waals surface area contributed by atoms with Crippen molar-refractivity contribution in [3.8, 4) is 0 Å². The van der Waals surface area contributed by atoms with E-state index in [9.17, 15) is 8.42 Å². The first-order chi connectivity index (χ1) is 10.0. The molecule has 3 N–H and O–H groups in total. The quantitative estimate of drug-likeness (QED) is 0.173. The Hall–Kier alpha value is -1.25. The van der Waals surface area contributed by atoms with Crippen molar-refractivity contribution in [3.05, 3.63) is 11.8 Å². The minimum Gasteiger partial charge on any atom is -0.416 e. The van der Waals surface area contributed by atoms with E-state index in [0.717, 1.165) is 18.6 Å². The average molecular weight is 318 g/mol. The maximum Gasteiger partial charge on any atom is 0.140 e. The lowest BCUT2D eigenvalue weighted by Crippen LogP contribution is -2.29. The van der Waals surface area contributed by atoms with Crippen LogP contribution in [0.2, 0.25) is 0 Å². The molecular weight excluding hydrogens is 292 g/mol. The molecule has 0 aromatic heterocycles. The van der Waals surface area contributed by atoms with Crippen LogP contribution in [-0.4, -0.2) is 38.9 Å². The van der Waals surface area contributed by atoms with E-state index >= 15 is 0 Å². The number of allylic oxidation sites excluding steroid dienone is 2. The summed E-state index contributed by atoms with van der Waals surface area (Å²) in [5, 5.41) is 3.17. The van der Waals surface area contributed by atoms with Crippen LogP contribution in [0.5, 0.6) is 0 Å². The fourth-order valence-electron chi connectivity index (χ4n) is 1.55. The Kier molecular flexibility index (Phi) is 11.7. The van der Waals surface area contributed by atoms with Crippen LogP contribution in [0.15, 0.2) is 21.8 Å². The summed E-state index contributed by atoms with van der Waals surface area (Å²) in [7, 11) is -2.31. The van der Waals surface area contributed by atoms with Gasteiger partial charge in [0.15, 0.2) is 0 Å². The van der Waals surface area contributed by atoms with Crippen LogP contribution in [0.1, 0.15) is 40.0 Å². The first-order valence-electron chi connectivity index (χ1n) is 6.98. The van der Waals surface area contributed by atoms with Crippen molar-refractivity contribution in [1.82, 2.24) is 5.32 Å². The molecule has 0 aliphatic heterocycles. The van der Waals surface area contributed by atoms with Crippen LogP contribution in [0.3, 0.4) is 0 Å². The largest absolute Gasteiger partial charge is 0.416 e. The van der Waals surface area contributed by atoms with Gasteiger partial charge < -0.3 is 4.84 Å². The first kappa shape index (κ1) is 19.8. The number of thiol groups is 1. The molecule has 7 nitrogen and oxygen atoms in total. The number of aliphatic imine (C=N–C) groups is 2. The van der Waals surface area contributed by atoms with Crippen LogP contribution in [0.25, 0.3) is 0 Å². The topological polar surface area (TPSA) is 106 Å². The fraction of sp³-hybridized carbons (Fsp3) is 0.692. The Morgan fingerprint density at radius 3 is 2.67 bits per heavy atom. The zero-order valence-electron chi connectivity index (χ0n) is 12.9. The van der Waals surface area contributed by atoms with E-state index in [1.54, 1.807) is 13.0 Å². The molecule has 0 spiro atoms. The number of nitrogens with one attached hydrogen (secondary N) is 1. The molecule has 0 rings (SSSR count). The van der Waals surface area contributed by atoms with Crippen LogP contribution in [0.4, 0.5) is 0 Å². The molecule has 1 atom stereocenters. The lowest BCUT2D eigenvalue weighted by Gasteiger charge is -2.13. The van der Waals surface area contributed by atoms with Gasteiger partial charge in [-0.25, -0.2) is 13.4 Å². The minimum absolute atomic E-state index is 0.150. The van der Waals surface area contributed by atoms with E-state index in [1.807, 2.05) is 13.8 Å². The molecule has 0 amide bonds. The molecule has 0 saturated carbocycles. The van der Waals surface area contributed by atoms with E-state index < -0.39 is 10.7 Å². The highest BCUT2D eigenvalue weighted by molar-refractivity contribution is 7.72. The lowest BCUT2D eigenvalue weighted by atomic mass is 10.2. The zero-order chi connectivity index (χ0) is 16.1. The molecule has 122 valence electrons. The maximum atomic E-state index is 10.6. The summed E-state index contributed by atoms with van der Waals surface area (Å²) >= 11 is 0. The SMILES string of the molecule is CCC(/C=C(\C)ON)=N\C=N/CNC(CC)CC[SH](=O)=O. The second-order valence-corrected chi connectivity index (χ2v) is 5.57. The highest BCUT2D eigenvalue weighted by Gasteiger charge is 2.04. The van der Waals surface area contributed by atoms with Crippen molar-refractivity contribution in [2.45, 2.75) is 46.1 Å². The lowest BCUT2D eigenvalue weighted by molar-refractivity contribution is 0.223. The summed E-state index contributed by atoms with van der Waals surface area (Å²) in [5.41, 5.74) is 0.817. The number of hydrogen-bond acceptors (Lipinski definition) is 6. The molecule has 0 bridgehead atoms. The smallest absolute Gasteiger partial charge is 0.140 e. The van der Waals surface area contributed by atoms with E-state index in [4.69, 9.17) is 5.90 Å². The maximum absolute atomic E-state index is 10.6. The third-order valence-electron chi connectivity index (χ3n) is 2.85. The van der Waals surface area contributed by atoms with Crippen LogP contribution >= 0.6 is 0 Å². The molecule has 0 saturated heterocycles. The number of nitrogens with two attached hydrogens (primary N) is 1. The van der Waals surface area contributed by atoms with Crippen molar-refractivity contribution in [3.63, 3.8) is 0 Å². The first-order valence-corrected chi connectivity index (χ1v) is 8.34. The molecule has 0 aliphatic rings. The van der Waals surface area contributed by atoms with Gasteiger partial charge >= 0.3 is 0 Å². The van der Waals surface area contributed by atoms with Crippen LogP contribution in [0, 0.1) is 0 Å². The summed E-state index contributed by atoms with van der Waals surface area (Å²) in [4.78, 5) is 12.9. The summed E-state index contributed by atoms with van der Waals surface area (Å²) in [6.07, 6.45) is 5.43. The van der Waals surface area contributed by atoms with Gasteiger partial charge in [-0.2, -0.15) is 5.90 Å². The second kappa shape index (κ2) is 12.5. The average Bonchev–Trinajstić information content (AvgIpc) is 2.48. The highest BCUT2D eigenvalue weighted by Crippen LogP contribution is 1.98. The van der Waals surface area contributed by atoms with Crippen molar-refractivity contribution in [1.29, 1.82) is 0 Å². The van der Waals surface area contributed by atoms with E-state index in [1.165, 1.54) is 6.34 Å². The molecular formula is C13H26N4O3S. The number of rotatable bonds is 11. The van der Waals surface area contributed by atoms with E-state index in [2.05, 4.69) is 20.1 Å². The van der Waals surface area contributed by atoms with Gasteiger partial charge in [-0.05, 0) is 32.3 Å². The molecule has 0 radical (unpaired) electrons. The van der Waals surface area contributed by atoms with Crippen LogP contribution < -0.4 is 11.2 Å². The van der Waals surface area contributed by atoms with E-state index in [0.29, 0.717) is 18.8 Å². The summed E-state index contributed by atoms with van der Waals surface area (Å²) in [6, 6.07) is 0.150. The Labute approximate surface area is 128 Å². The molecule has 21 heavy (non-hydrogen) atoms. The number of hydrogen-bond donors (Lipinski definition) is 3. The zero-order valence-corrected chi connectivity index (χ0v) is 13.8. The standard InChI is InChI=1S/C13H26N4O3S/c1-4-12(6-7-21(18)19)16-9-15-10-17-13(5-2)8-11(3)20-14/h8,10,12,16,21H,4-7,9,14H2,1-3H3/b11-8+,15-10-,17-13+. The highest BCUT2D eigenvalue weighted by atomic mass is 32.2. The monoisotopic (exact) mass is 318 g/mol. The minimum atomic E-state index is -2.31. The van der Waals surface area contributed by atoms with Gasteiger partial charge in [-0.1, -0.05) is 13.8 Å². The van der Waals surface area contributed by atoms with Gasteiger partial charge in [0, 0.05) is 17.5 Å². The van der Waals surface area contributed by atoms with Gasteiger partial charge in [-0.3, -0.25) is 10.3 Å². The second-order valence-electron chi connectivity index (χ2n) is 4.46. The normalized spacial score (nSPS) is 14.9. The van der Waals surface area contributed by atoms with Gasteiger partial charge in [0.1, 0.15) is 22.8 Å². The van der Waals surface area contributed by atoms with E-state index in [-0.39, 0.29) is 11.8 Å². The van der Waals surface area contributed by atoms with Crippen molar-refractivity contribution in [2.24, 2.45) is 15.9 Å². The summed E-state index contributed by atoms with van der Waals surface area (Å²) < 4.78 is 21.1. The molecule has 1 unspecified atom stereocenters. The molecule has 0 aromatic carbocycles. The predicted molar refractivity (Wildman–Crippen MR) is 87.1 cm³/mol. The molecule has 8 heteroatoms. The third-order valence-corrected chi connectivity index (χ3v) is 3.47. The Morgan fingerprint density at radius 1 is 1.43 bits per heavy atom. The van der Waals surface area contributed by atoms with Gasteiger partial charge in [-0.15, -0.1) is 0 Å². The molecule has 0 aliphatic carbocycles. The predicted octanol–water partition coefficient (Wildman–Crippen LogP) is 0.987. The van der Waals surface area contributed by atoms with Crippen molar-refractivity contribution < 1.29 is 13.3 Å². The van der Waals surface area contributed by atoms with Gasteiger partial charge in [0.2, 0.25) is 0 Å². The van der Waals surface area contributed by atoms with Crippen molar-refractivity contribution in [2.75, 3.05) is 12.4 Å². The van der Waals surface area contributed by atoms with Crippen molar-refractivity contribution >= 4 is 22.8 Å². The summed E-state index contributed by atoms with van der Waals surface area (Å²) in [6.45, 7) is 6.14. The van der Waals surface area contributed by atoms with Gasteiger partial charge in [0.25, 0.3) is 0 Å². The molecule has 0 fully saturated rings. The Morgan fingerprint density at radius 2 is 2.14 bits per heavy atom. The van der Waals surface area contributed by atoms with Crippen LogP contribution in [-0.2, 0) is 15.5 Å². The molecule has 0 heterocycles. The number of nitrogens with zero attached hydrogens (tertiary/aromatic N) is 2. The Balaban J connectivity index is 4.24. The molecule has 0 aromatic rings. The van der Waals surface area contributed by atoms with Gasteiger partial charge in [0.05, 0.1) is 6.67 Å². The summed E-state index contributed by atoms with van der Waals surface area (Å²) in [5.74, 6) is 5.82. The fourth-order valence-corrected chi connectivity index (χ4v) is 2.07. The third kappa shape index (κ3) is 11.1. The Bertz CT molecular complexity index is 437.